The summed E-state index contributed by atoms with van der Waals surface area (Å²) < 4.78 is 71.8. The number of carbonyl (C=O) groups is 2. The van der Waals surface area contributed by atoms with E-state index >= 15 is 0 Å². The van der Waals surface area contributed by atoms with Crippen LogP contribution >= 0.6 is 0 Å². The van der Waals surface area contributed by atoms with Gasteiger partial charge in [0.1, 0.15) is 22.8 Å². The maximum absolute atomic E-state index is 13.8. The number of likely N-dealkylation sites (tertiary alicyclic amines) is 1. The number of methoxy groups -OCH3 is 1. The minimum absolute atomic E-state index is 0.0583. The molecule has 18 heteroatoms. The highest BCUT2D eigenvalue weighted by Gasteiger charge is 2.35. The average Bonchev–Trinajstić information content (AvgIpc) is 3.02. The lowest BCUT2D eigenvalue weighted by atomic mass is 10.0. The number of nitrogens with zero attached hydrogens (tertiary/aromatic N) is 6. The Morgan fingerprint density at radius 2 is 1.87 bits per heavy atom. The topological polar surface area (TPSA) is 172 Å². The quantitative estimate of drug-likeness (QED) is 0.258. The van der Waals surface area contributed by atoms with Crippen LogP contribution in [-0.4, -0.2) is 84.6 Å². The van der Waals surface area contributed by atoms with E-state index in [0.717, 1.165) is 10.6 Å². The monoisotopic (exact) mass is 663 g/mol. The van der Waals surface area contributed by atoms with E-state index in [1.54, 1.807) is 4.90 Å². The number of piperidine rings is 1. The lowest BCUT2D eigenvalue weighted by molar-refractivity contribution is -0.137. The fourth-order valence-corrected chi connectivity index (χ4v) is 5.02. The zero-order chi connectivity index (χ0) is 33.6. The van der Waals surface area contributed by atoms with Crippen LogP contribution in [0.5, 0.6) is 5.75 Å². The molecule has 0 radical (unpaired) electrons. The van der Waals surface area contributed by atoms with Crippen molar-refractivity contribution in [1.29, 1.82) is 0 Å². The van der Waals surface area contributed by atoms with E-state index in [-0.39, 0.29) is 58.9 Å². The van der Waals surface area contributed by atoms with E-state index in [9.17, 15) is 31.2 Å². The Labute approximate surface area is 263 Å². The van der Waals surface area contributed by atoms with Crippen molar-refractivity contribution in [3.63, 3.8) is 0 Å². The summed E-state index contributed by atoms with van der Waals surface area (Å²) in [6.07, 6.45) is 1.68. The van der Waals surface area contributed by atoms with Crippen molar-refractivity contribution in [3.05, 3.63) is 66.3 Å². The summed E-state index contributed by atoms with van der Waals surface area (Å²) in [5, 5.41) is 8.32. The number of aromatic nitrogens is 4. The second-order valence-corrected chi connectivity index (χ2v) is 12.2. The number of amides is 2. The minimum Gasteiger partial charge on any atom is -0.495 e. The summed E-state index contributed by atoms with van der Waals surface area (Å²) >= 11 is 0. The first-order chi connectivity index (χ1) is 21.7. The predicted octanol–water partition coefficient (Wildman–Crippen LogP) is 2.95. The molecule has 3 heterocycles. The highest BCUT2D eigenvalue weighted by atomic mass is 32.2. The molecule has 1 fully saturated rings. The number of carbonyl (C=O) groups excluding carboxylic acids is 2. The summed E-state index contributed by atoms with van der Waals surface area (Å²) in [5.74, 6) is -1.21. The van der Waals surface area contributed by atoms with Gasteiger partial charge in [0.25, 0.3) is 5.91 Å². The van der Waals surface area contributed by atoms with Gasteiger partial charge in [-0.15, -0.1) is 0 Å². The zero-order valence-corrected chi connectivity index (χ0v) is 25.9. The first kappa shape index (κ1) is 33.9. The van der Waals surface area contributed by atoms with E-state index in [1.807, 2.05) is 0 Å². The van der Waals surface area contributed by atoms with Crippen molar-refractivity contribution >= 4 is 45.1 Å². The fourth-order valence-electron chi connectivity index (χ4n) is 4.55. The number of anilines is 4. The number of nitrogens with one attached hydrogen (secondary N) is 3. The third-order valence-electron chi connectivity index (χ3n) is 7.09. The Bertz CT molecular complexity index is 1710. The largest absolute Gasteiger partial charge is 0.495 e. The lowest BCUT2D eigenvalue weighted by Crippen LogP contribution is -2.46. The number of halogens is 3. The zero-order valence-electron chi connectivity index (χ0n) is 25.1. The molecule has 14 nitrogen and oxygen atoms in total. The van der Waals surface area contributed by atoms with Gasteiger partial charge in [-0.1, -0.05) is 6.58 Å². The van der Waals surface area contributed by atoms with Crippen molar-refractivity contribution in [2.75, 3.05) is 48.4 Å². The van der Waals surface area contributed by atoms with E-state index in [4.69, 9.17) is 4.74 Å². The molecule has 0 aliphatic carbocycles. The van der Waals surface area contributed by atoms with E-state index < -0.39 is 27.6 Å². The molecule has 1 aromatic carbocycles. The van der Waals surface area contributed by atoms with Gasteiger partial charge < -0.3 is 25.6 Å². The van der Waals surface area contributed by atoms with Gasteiger partial charge in [0.2, 0.25) is 21.9 Å². The Morgan fingerprint density at radius 1 is 1.17 bits per heavy atom. The van der Waals surface area contributed by atoms with Crippen LogP contribution in [0.4, 0.5) is 36.4 Å². The third-order valence-corrected chi connectivity index (χ3v) is 8.26. The third kappa shape index (κ3) is 8.17. The van der Waals surface area contributed by atoms with Crippen LogP contribution in [0.3, 0.4) is 0 Å². The number of hydrogen-bond acceptors (Lipinski definition) is 11. The van der Waals surface area contributed by atoms with Crippen molar-refractivity contribution in [3.8, 4) is 5.75 Å². The van der Waals surface area contributed by atoms with Crippen LogP contribution in [0.2, 0.25) is 0 Å². The van der Waals surface area contributed by atoms with Crippen LogP contribution in [0, 0.1) is 0 Å². The average molecular weight is 664 g/mol. The molecule has 4 rings (SSSR count). The highest BCUT2D eigenvalue weighted by Crippen LogP contribution is 2.35. The number of sulfonamides is 1. The molecule has 0 saturated carbocycles. The lowest BCUT2D eigenvalue weighted by Gasteiger charge is -2.31. The molecule has 2 aromatic heterocycles. The SMILES string of the molecule is C=CC(=O)N1CCC(NC(=O)c2ccc(Nc3ncc(C(F)(F)F)c(NCc4nccnc4N(C)S(C)(=O)=O)n3)c(OC)c2)CC1. The highest BCUT2D eigenvalue weighted by molar-refractivity contribution is 7.92. The molecule has 1 aliphatic rings. The van der Waals surface area contributed by atoms with Crippen LogP contribution in [0.15, 0.2) is 49.4 Å². The molecule has 3 aromatic rings. The maximum atomic E-state index is 13.8. The molecular formula is C28H32F3N9O5S. The number of hydrogen-bond donors (Lipinski definition) is 3. The number of alkyl halides is 3. The molecule has 0 atom stereocenters. The fraction of sp³-hybridized carbons (Fsp3) is 0.357. The number of ether oxygens (including phenoxy) is 1. The Hall–Kier alpha value is -5.00. The first-order valence-corrected chi connectivity index (χ1v) is 15.6. The predicted molar refractivity (Wildman–Crippen MR) is 163 cm³/mol. The second kappa shape index (κ2) is 14.0. The van der Waals surface area contributed by atoms with Gasteiger partial charge in [-0.05, 0) is 37.1 Å². The maximum Gasteiger partial charge on any atom is 0.421 e. The smallest absolute Gasteiger partial charge is 0.421 e. The number of rotatable bonds is 11. The van der Waals surface area contributed by atoms with Gasteiger partial charge in [0.15, 0.2) is 5.82 Å². The summed E-state index contributed by atoms with van der Waals surface area (Å²) in [4.78, 5) is 42.3. The molecule has 0 bridgehead atoms. The molecule has 1 aliphatic heterocycles. The van der Waals surface area contributed by atoms with Crippen molar-refractivity contribution in [2.45, 2.75) is 31.6 Å². The molecule has 0 spiro atoms. The van der Waals surface area contributed by atoms with Gasteiger partial charge >= 0.3 is 6.18 Å². The van der Waals surface area contributed by atoms with Crippen molar-refractivity contribution in [1.82, 2.24) is 30.2 Å². The van der Waals surface area contributed by atoms with Crippen molar-refractivity contribution < 1.29 is 35.9 Å². The van der Waals surface area contributed by atoms with Crippen LogP contribution < -0.4 is 25.0 Å². The van der Waals surface area contributed by atoms with Gasteiger partial charge in [0.05, 0.1) is 25.6 Å². The molecule has 2 amide bonds. The standard InChI is InChI=1S/C28H32F3N9O5S/c1-5-23(41)40-12-8-18(9-13-40)36-26(42)17-6-7-20(22(14-17)45-3)37-27-35-15-19(28(29,30)31)24(38-27)34-16-21-25(33-11-10-32-21)39(2)46(4,43)44/h5-7,10-11,14-15,18H,1,8-9,12-13,16H2,2-4H3,(H,36,42)(H2,34,35,37,38). The minimum atomic E-state index is -4.82. The van der Waals surface area contributed by atoms with Gasteiger partial charge in [-0.25, -0.2) is 18.4 Å². The summed E-state index contributed by atoms with van der Waals surface area (Å²) in [7, 11) is -1.12. The Balaban J connectivity index is 1.51. The van der Waals surface area contributed by atoms with E-state index in [2.05, 4.69) is 42.5 Å². The van der Waals surface area contributed by atoms with Crippen LogP contribution in [-0.2, 0) is 27.5 Å². The summed E-state index contributed by atoms with van der Waals surface area (Å²) in [5.41, 5.74) is -0.560. The molecule has 3 N–H and O–H groups in total. The van der Waals surface area contributed by atoms with Gasteiger partial charge in [-0.3, -0.25) is 18.9 Å². The van der Waals surface area contributed by atoms with Crippen LogP contribution in [0.1, 0.15) is 34.5 Å². The Kier molecular flexibility index (Phi) is 10.3. The summed E-state index contributed by atoms with van der Waals surface area (Å²) in [6.45, 7) is 4.12. The molecule has 246 valence electrons. The molecular weight excluding hydrogens is 631 g/mol. The first-order valence-electron chi connectivity index (χ1n) is 13.8. The van der Waals surface area contributed by atoms with Gasteiger partial charge in [-0.2, -0.15) is 18.2 Å². The Morgan fingerprint density at radius 3 is 2.50 bits per heavy atom. The van der Waals surface area contributed by atoms with E-state index in [0.29, 0.717) is 32.1 Å². The molecule has 0 unspecified atom stereocenters. The number of benzene rings is 1. The molecule has 1 saturated heterocycles. The molecule has 46 heavy (non-hydrogen) atoms. The second-order valence-electron chi connectivity index (χ2n) is 10.2. The van der Waals surface area contributed by atoms with Gasteiger partial charge in [0, 0.05) is 50.3 Å². The van der Waals surface area contributed by atoms with Crippen molar-refractivity contribution in [2.24, 2.45) is 0 Å². The van der Waals surface area contributed by atoms with Crippen LogP contribution in [0.25, 0.3) is 0 Å². The summed E-state index contributed by atoms with van der Waals surface area (Å²) in [6, 6.07) is 4.33. The normalized spacial score (nSPS) is 13.9. The van der Waals surface area contributed by atoms with E-state index in [1.165, 1.54) is 50.8 Å².